The minimum absolute atomic E-state index is 0.0469. The van der Waals surface area contributed by atoms with Gasteiger partial charge >= 0.3 is 6.18 Å². The van der Waals surface area contributed by atoms with Crippen LogP contribution in [-0.4, -0.2) is 20.7 Å². The minimum Gasteiger partial charge on any atom is -0.369 e. The average molecular weight is 509 g/mol. The van der Waals surface area contributed by atoms with Gasteiger partial charge in [-0.25, -0.2) is 4.98 Å². The molecule has 3 N–H and O–H groups in total. The SMILES string of the molecule is CC(F)(F)Sc1ccc(Nc2nc3c(n2Cc2ccccc2C(F)(F)F)=CCC(C(N)=O)C=3)cc1. The number of anilines is 2. The number of carbonyl (C=O) groups excluding carboxylic acids is 1. The Kier molecular flexibility index (Phi) is 6.63. The van der Waals surface area contributed by atoms with E-state index in [0.29, 0.717) is 39.5 Å². The third-order valence-electron chi connectivity index (χ3n) is 5.38. The van der Waals surface area contributed by atoms with Crippen LogP contribution in [0.1, 0.15) is 24.5 Å². The molecule has 1 amide bonds. The van der Waals surface area contributed by atoms with Crippen molar-refractivity contribution in [3.05, 3.63) is 70.4 Å². The number of rotatable bonds is 7. The molecule has 1 aliphatic rings. The number of halogens is 5. The topological polar surface area (TPSA) is 72.9 Å². The molecule has 0 aliphatic heterocycles. The molecule has 5 nitrogen and oxygen atoms in total. The molecule has 11 heteroatoms. The van der Waals surface area contributed by atoms with Gasteiger partial charge in [-0.2, -0.15) is 22.0 Å². The first kappa shape index (κ1) is 24.8. The Labute approximate surface area is 201 Å². The van der Waals surface area contributed by atoms with E-state index in [0.717, 1.165) is 13.0 Å². The molecule has 3 aromatic rings. The molecule has 1 atom stereocenters. The monoisotopic (exact) mass is 508 g/mol. The Bertz CT molecular complexity index is 1360. The second-order valence-corrected chi connectivity index (χ2v) is 9.51. The molecule has 2 aromatic carbocycles. The predicted molar refractivity (Wildman–Crippen MR) is 124 cm³/mol. The van der Waals surface area contributed by atoms with Crippen molar-refractivity contribution in [2.75, 3.05) is 5.32 Å². The maximum Gasteiger partial charge on any atom is 0.416 e. The smallest absolute Gasteiger partial charge is 0.369 e. The van der Waals surface area contributed by atoms with Gasteiger partial charge < -0.3 is 15.6 Å². The van der Waals surface area contributed by atoms with E-state index >= 15 is 0 Å². The van der Waals surface area contributed by atoms with E-state index in [9.17, 15) is 26.7 Å². The van der Waals surface area contributed by atoms with Gasteiger partial charge in [0.2, 0.25) is 11.9 Å². The van der Waals surface area contributed by atoms with Crippen LogP contribution < -0.4 is 21.7 Å². The van der Waals surface area contributed by atoms with Crippen LogP contribution in [-0.2, 0) is 17.5 Å². The van der Waals surface area contributed by atoms with Crippen LogP contribution in [0.5, 0.6) is 0 Å². The molecule has 1 aromatic heterocycles. The summed E-state index contributed by atoms with van der Waals surface area (Å²) in [4.78, 5) is 16.5. The second-order valence-electron chi connectivity index (χ2n) is 8.12. The van der Waals surface area contributed by atoms with Crippen molar-refractivity contribution in [2.45, 2.75) is 36.2 Å². The summed E-state index contributed by atoms with van der Waals surface area (Å²) in [6.45, 7) is 0.665. The van der Waals surface area contributed by atoms with Gasteiger partial charge in [0.05, 0.1) is 28.7 Å². The van der Waals surface area contributed by atoms with Crippen molar-refractivity contribution in [1.29, 1.82) is 0 Å². The van der Waals surface area contributed by atoms with Gasteiger partial charge in [0.25, 0.3) is 5.25 Å². The van der Waals surface area contributed by atoms with E-state index in [1.807, 2.05) is 0 Å². The maximum absolute atomic E-state index is 13.6. The van der Waals surface area contributed by atoms with Gasteiger partial charge in [0.1, 0.15) is 0 Å². The van der Waals surface area contributed by atoms with Crippen molar-refractivity contribution in [2.24, 2.45) is 11.7 Å². The van der Waals surface area contributed by atoms with Crippen molar-refractivity contribution in [1.82, 2.24) is 9.55 Å². The lowest BCUT2D eigenvalue weighted by Crippen LogP contribution is -2.37. The quantitative estimate of drug-likeness (QED) is 0.365. The number of carbonyl (C=O) groups is 1. The lowest BCUT2D eigenvalue weighted by Gasteiger charge is -2.16. The summed E-state index contributed by atoms with van der Waals surface area (Å²) in [7, 11) is 0. The summed E-state index contributed by atoms with van der Waals surface area (Å²) >= 11 is 0.407. The summed E-state index contributed by atoms with van der Waals surface area (Å²) in [5.41, 5.74) is 5.22. The molecule has 35 heavy (non-hydrogen) atoms. The number of amides is 1. The van der Waals surface area contributed by atoms with E-state index in [2.05, 4.69) is 10.3 Å². The van der Waals surface area contributed by atoms with E-state index in [1.54, 1.807) is 28.9 Å². The van der Waals surface area contributed by atoms with Gasteiger partial charge in [0, 0.05) is 17.5 Å². The number of nitrogens with zero attached hydrogens (tertiary/aromatic N) is 2. The third kappa shape index (κ3) is 5.84. The van der Waals surface area contributed by atoms with E-state index < -0.39 is 28.8 Å². The number of primary amides is 1. The highest BCUT2D eigenvalue weighted by Gasteiger charge is 2.33. The normalized spacial score (nSPS) is 15.7. The van der Waals surface area contributed by atoms with Gasteiger partial charge in [0.15, 0.2) is 0 Å². The number of benzene rings is 2. The minimum atomic E-state index is -4.54. The van der Waals surface area contributed by atoms with Crippen LogP contribution in [0.15, 0.2) is 53.4 Å². The third-order valence-corrected chi connectivity index (χ3v) is 6.25. The second kappa shape index (κ2) is 9.37. The fourth-order valence-corrected chi connectivity index (χ4v) is 4.51. The predicted octanol–water partition coefficient (Wildman–Crippen LogP) is 4.46. The summed E-state index contributed by atoms with van der Waals surface area (Å²) in [6, 6.07) is 11.4. The molecule has 0 bridgehead atoms. The van der Waals surface area contributed by atoms with Crippen molar-refractivity contribution >= 4 is 41.5 Å². The number of nitrogens with two attached hydrogens (primary N) is 1. The molecule has 1 unspecified atom stereocenters. The molecule has 1 aliphatic carbocycles. The Morgan fingerprint density at radius 3 is 2.46 bits per heavy atom. The molecule has 0 spiro atoms. The molecule has 184 valence electrons. The van der Waals surface area contributed by atoms with Gasteiger partial charge in [-0.1, -0.05) is 36.0 Å². The number of thioether (sulfide) groups is 1. The number of alkyl halides is 5. The zero-order valence-electron chi connectivity index (χ0n) is 18.4. The largest absolute Gasteiger partial charge is 0.416 e. The summed E-state index contributed by atoms with van der Waals surface area (Å²) in [5.74, 6) is -0.863. The standard InChI is InChI=1S/C24H21F5N4OS/c1-23(25,26)35-17-9-7-16(8-10-17)31-22-32-19-12-14(21(30)34)6-11-20(19)33(22)13-15-4-2-3-5-18(15)24(27,28)29/h2-5,7-12,14H,6,13H2,1H3,(H2,30,34)(H,31,32). The van der Waals surface area contributed by atoms with Crippen molar-refractivity contribution in [3.63, 3.8) is 0 Å². The summed E-state index contributed by atoms with van der Waals surface area (Å²) in [5, 5.41) is 1.10. The van der Waals surface area contributed by atoms with Crippen LogP contribution in [0.3, 0.4) is 0 Å². The number of fused-ring (bicyclic) bond motifs is 1. The van der Waals surface area contributed by atoms with E-state index in [4.69, 9.17) is 5.73 Å². The van der Waals surface area contributed by atoms with E-state index in [-0.39, 0.29) is 18.1 Å². The molecule has 0 fully saturated rings. The average Bonchev–Trinajstić information content (AvgIpc) is 3.10. The van der Waals surface area contributed by atoms with Gasteiger partial charge in [-0.3, -0.25) is 4.79 Å². The van der Waals surface area contributed by atoms with Crippen LogP contribution in [0.4, 0.5) is 33.6 Å². The lowest BCUT2D eigenvalue weighted by molar-refractivity contribution is -0.138. The van der Waals surface area contributed by atoms with E-state index in [1.165, 1.54) is 30.3 Å². The van der Waals surface area contributed by atoms with Crippen LogP contribution >= 0.6 is 11.8 Å². The lowest BCUT2D eigenvalue weighted by atomic mass is 10.0. The first-order valence-electron chi connectivity index (χ1n) is 10.6. The molecule has 0 saturated heterocycles. The number of hydrogen-bond donors (Lipinski definition) is 2. The highest BCUT2D eigenvalue weighted by Crippen LogP contribution is 2.36. The summed E-state index contributed by atoms with van der Waals surface area (Å²) < 4.78 is 68.9. The maximum atomic E-state index is 13.6. The highest BCUT2D eigenvalue weighted by molar-refractivity contribution is 8.00. The fourth-order valence-electron chi connectivity index (χ4n) is 3.82. The van der Waals surface area contributed by atoms with Crippen LogP contribution in [0.25, 0.3) is 12.2 Å². The fraction of sp³-hybridized carbons (Fsp3) is 0.250. The number of aromatic nitrogens is 2. The number of nitrogens with one attached hydrogen (secondary N) is 1. The molecule has 4 rings (SSSR count). The first-order valence-corrected chi connectivity index (χ1v) is 11.4. The molecular formula is C24H21F5N4OS. The van der Waals surface area contributed by atoms with Crippen LogP contribution in [0.2, 0.25) is 0 Å². The Balaban J connectivity index is 1.75. The van der Waals surface area contributed by atoms with Crippen LogP contribution in [0, 0.1) is 5.92 Å². The Hall–Kier alpha value is -3.34. The number of imidazole rings is 1. The molecule has 0 radical (unpaired) electrons. The summed E-state index contributed by atoms with van der Waals surface area (Å²) in [6.07, 6.45) is -0.918. The zero-order chi connectivity index (χ0) is 25.4. The Morgan fingerprint density at radius 1 is 1.14 bits per heavy atom. The molecule has 0 saturated carbocycles. The Morgan fingerprint density at radius 2 is 1.83 bits per heavy atom. The highest BCUT2D eigenvalue weighted by atomic mass is 32.2. The first-order chi connectivity index (χ1) is 16.4. The zero-order valence-corrected chi connectivity index (χ0v) is 19.3. The van der Waals surface area contributed by atoms with Crippen molar-refractivity contribution < 1.29 is 26.7 Å². The van der Waals surface area contributed by atoms with Gasteiger partial charge in [-0.05, 0) is 48.4 Å². The number of hydrogen-bond acceptors (Lipinski definition) is 4. The molecular weight excluding hydrogens is 487 g/mol. The van der Waals surface area contributed by atoms with Gasteiger partial charge in [-0.15, -0.1) is 0 Å². The van der Waals surface area contributed by atoms with Crippen molar-refractivity contribution in [3.8, 4) is 0 Å². The molecule has 1 heterocycles.